The van der Waals surface area contributed by atoms with Crippen LogP contribution < -0.4 is 10.1 Å². The Labute approximate surface area is 98.7 Å². The van der Waals surface area contributed by atoms with E-state index in [9.17, 15) is 9.18 Å². The van der Waals surface area contributed by atoms with E-state index in [0.29, 0.717) is 18.9 Å². The summed E-state index contributed by atoms with van der Waals surface area (Å²) in [5.41, 5.74) is 0.0637. The number of nitrogens with one attached hydrogen (secondary N) is 1. The summed E-state index contributed by atoms with van der Waals surface area (Å²) in [7, 11) is 1.45. The Morgan fingerprint density at radius 1 is 1.59 bits per heavy atom. The predicted octanol–water partition coefficient (Wildman–Crippen LogP) is 1.01. The van der Waals surface area contributed by atoms with Crippen LogP contribution in [-0.4, -0.2) is 38.7 Å². The van der Waals surface area contributed by atoms with Crippen LogP contribution >= 0.6 is 0 Å². The minimum Gasteiger partial charge on any atom is -0.497 e. The van der Waals surface area contributed by atoms with Crippen LogP contribution in [0.5, 0.6) is 5.75 Å². The summed E-state index contributed by atoms with van der Waals surface area (Å²) in [6.07, 6.45) is 0. The van der Waals surface area contributed by atoms with Gasteiger partial charge in [0.15, 0.2) is 5.78 Å². The maximum Gasteiger partial charge on any atom is 0.185 e. The SMILES string of the molecule is COc1ccc(C(=O)C2COCCN2)c(F)c1. The number of rotatable bonds is 3. The standard InChI is InChI=1S/C12H14FNO3/c1-16-8-2-3-9(10(13)6-8)12(15)11-7-17-5-4-14-11/h2-3,6,11,14H,4-5,7H2,1H3. The van der Waals surface area contributed by atoms with Gasteiger partial charge in [-0.25, -0.2) is 4.39 Å². The second kappa shape index (κ2) is 5.25. The Morgan fingerprint density at radius 2 is 2.41 bits per heavy atom. The van der Waals surface area contributed by atoms with E-state index in [2.05, 4.69) is 5.32 Å². The molecule has 1 fully saturated rings. The molecule has 4 nitrogen and oxygen atoms in total. The molecule has 2 rings (SSSR count). The average molecular weight is 239 g/mol. The monoisotopic (exact) mass is 239 g/mol. The van der Waals surface area contributed by atoms with Crippen LogP contribution in [0.1, 0.15) is 10.4 Å². The molecule has 1 saturated heterocycles. The van der Waals surface area contributed by atoms with E-state index >= 15 is 0 Å². The van der Waals surface area contributed by atoms with E-state index in [1.807, 2.05) is 0 Å². The third-order valence-electron chi connectivity index (χ3n) is 2.68. The highest BCUT2D eigenvalue weighted by Gasteiger charge is 2.24. The Bertz CT molecular complexity index is 416. The number of carbonyl (C=O) groups is 1. The molecule has 1 aromatic rings. The van der Waals surface area contributed by atoms with Crippen LogP contribution in [0.25, 0.3) is 0 Å². The van der Waals surface area contributed by atoms with Gasteiger partial charge < -0.3 is 14.8 Å². The topological polar surface area (TPSA) is 47.6 Å². The largest absolute Gasteiger partial charge is 0.497 e. The third-order valence-corrected chi connectivity index (χ3v) is 2.68. The van der Waals surface area contributed by atoms with Gasteiger partial charge in [-0.2, -0.15) is 0 Å². The molecule has 92 valence electrons. The van der Waals surface area contributed by atoms with E-state index in [1.54, 1.807) is 6.07 Å². The van der Waals surface area contributed by atoms with Crippen LogP contribution in [0.4, 0.5) is 4.39 Å². The summed E-state index contributed by atoms with van der Waals surface area (Å²) in [6.45, 7) is 1.47. The second-order valence-corrected chi connectivity index (χ2v) is 3.79. The number of ether oxygens (including phenoxy) is 2. The highest BCUT2D eigenvalue weighted by molar-refractivity contribution is 6.00. The maximum atomic E-state index is 13.7. The van der Waals surface area contributed by atoms with Gasteiger partial charge in [-0.15, -0.1) is 0 Å². The lowest BCUT2D eigenvalue weighted by atomic mass is 10.0. The smallest absolute Gasteiger partial charge is 0.185 e. The predicted molar refractivity (Wildman–Crippen MR) is 59.9 cm³/mol. The molecule has 1 aromatic carbocycles. The molecule has 5 heteroatoms. The first-order valence-corrected chi connectivity index (χ1v) is 5.41. The van der Waals surface area contributed by atoms with Crippen molar-refractivity contribution in [3.05, 3.63) is 29.6 Å². The quantitative estimate of drug-likeness (QED) is 0.800. The molecule has 1 unspecified atom stereocenters. The fraction of sp³-hybridized carbons (Fsp3) is 0.417. The number of carbonyl (C=O) groups excluding carboxylic acids is 1. The summed E-state index contributed by atoms with van der Waals surface area (Å²) >= 11 is 0. The van der Waals surface area contributed by atoms with Gasteiger partial charge in [0.25, 0.3) is 0 Å². The first-order chi connectivity index (χ1) is 8.22. The minimum absolute atomic E-state index is 0.0637. The number of halogens is 1. The number of hydrogen-bond donors (Lipinski definition) is 1. The van der Waals surface area contributed by atoms with Gasteiger partial charge in [-0.1, -0.05) is 0 Å². The summed E-state index contributed by atoms with van der Waals surface area (Å²) in [4.78, 5) is 12.0. The van der Waals surface area contributed by atoms with Gasteiger partial charge in [0, 0.05) is 12.6 Å². The van der Waals surface area contributed by atoms with Crippen molar-refractivity contribution in [2.45, 2.75) is 6.04 Å². The van der Waals surface area contributed by atoms with Crippen LogP contribution in [-0.2, 0) is 4.74 Å². The molecule has 0 amide bonds. The van der Waals surface area contributed by atoms with Crippen molar-refractivity contribution < 1.29 is 18.7 Å². The van der Waals surface area contributed by atoms with Crippen molar-refractivity contribution in [1.29, 1.82) is 0 Å². The maximum absolute atomic E-state index is 13.7. The third kappa shape index (κ3) is 2.62. The zero-order chi connectivity index (χ0) is 12.3. The Morgan fingerprint density at radius 3 is 3.00 bits per heavy atom. The number of hydrogen-bond acceptors (Lipinski definition) is 4. The van der Waals surface area contributed by atoms with E-state index < -0.39 is 11.9 Å². The molecule has 0 aliphatic carbocycles. The minimum atomic E-state index is -0.568. The molecular formula is C12H14FNO3. The molecule has 0 radical (unpaired) electrons. The second-order valence-electron chi connectivity index (χ2n) is 3.79. The zero-order valence-electron chi connectivity index (χ0n) is 9.53. The van der Waals surface area contributed by atoms with E-state index in [0.717, 1.165) is 0 Å². The van der Waals surface area contributed by atoms with E-state index in [-0.39, 0.29) is 18.0 Å². The summed E-state index contributed by atoms with van der Waals surface area (Å²) in [5, 5.41) is 3.00. The molecule has 1 N–H and O–H groups in total. The molecule has 1 aliphatic heterocycles. The van der Waals surface area contributed by atoms with Gasteiger partial charge in [-0.3, -0.25) is 4.79 Å². The average Bonchev–Trinajstić information content (AvgIpc) is 2.39. The van der Waals surface area contributed by atoms with Crippen LogP contribution in [0.2, 0.25) is 0 Å². The molecule has 0 saturated carbocycles. The van der Waals surface area contributed by atoms with Crippen LogP contribution in [0.15, 0.2) is 18.2 Å². The van der Waals surface area contributed by atoms with Crippen molar-refractivity contribution >= 4 is 5.78 Å². The summed E-state index contributed by atoms with van der Waals surface area (Å²) in [6, 6.07) is 3.75. The molecule has 17 heavy (non-hydrogen) atoms. The lowest BCUT2D eigenvalue weighted by molar-refractivity contribution is 0.0605. The number of ketones is 1. The Balaban J connectivity index is 2.18. The number of benzene rings is 1. The molecular weight excluding hydrogens is 225 g/mol. The van der Waals surface area contributed by atoms with Crippen LogP contribution in [0.3, 0.4) is 0 Å². The fourth-order valence-electron chi connectivity index (χ4n) is 1.74. The molecule has 1 heterocycles. The number of morpholine rings is 1. The Kier molecular flexibility index (Phi) is 3.71. The summed E-state index contributed by atoms with van der Waals surface area (Å²) in [5.74, 6) is -0.460. The van der Waals surface area contributed by atoms with Gasteiger partial charge in [0.1, 0.15) is 11.6 Å². The first-order valence-electron chi connectivity index (χ1n) is 5.41. The van der Waals surface area contributed by atoms with Gasteiger partial charge in [0.05, 0.1) is 31.9 Å². The fourth-order valence-corrected chi connectivity index (χ4v) is 1.74. The molecule has 0 aromatic heterocycles. The number of methoxy groups -OCH3 is 1. The molecule has 0 bridgehead atoms. The van der Waals surface area contributed by atoms with Gasteiger partial charge in [0.2, 0.25) is 0 Å². The zero-order valence-corrected chi connectivity index (χ0v) is 9.53. The molecule has 1 aliphatic rings. The lowest BCUT2D eigenvalue weighted by Crippen LogP contribution is -2.46. The van der Waals surface area contributed by atoms with Gasteiger partial charge in [-0.05, 0) is 12.1 Å². The summed E-state index contributed by atoms with van der Waals surface area (Å²) < 4.78 is 23.7. The molecule has 0 spiro atoms. The lowest BCUT2D eigenvalue weighted by Gasteiger charge is -2.22. The van der Waals surface area contributed by atoms with E-state index in [4.69, 9.17) is 9.47 Å². The first kappa shape index (κ1) is 12.0. The van der Waals surface area contributed by atoms with Crippen molar-refractivity contribution in [3.8, 4) is 5.75 Å². The van der Waals surface area contributed by atoms with Crippen molar-refractivity contribution in [2.24, 2.45) is 0 Å². The van der Waals surface area contributed by atoms with Gasteiger partial charge >= 0.3 is 0 Å². The number of Topliss-reactive ketones (excluding diaryl/α,β-unsaturated/α-hetero) is 1. The van der Waals surface area contributed by atoms with Crippen molar-refractivity contribution in [3.63, 3.8) is 0 Å². The van der Waals surface area contributed by atoms with Crippen molar-refractivity contribution in [1.82, 2.24) is 5.32 Å². The highest BCUT2D eigenvalue weighted by atomic mass is 19.1. The Hall–Kier alpha value is -1.46. The highest BCUT2D eigenvalue weighted by Crippen LogP contribution is 2.18. The van der Waals surface area contributed by atoms with E-state index in [1.165, 1.54) is 19.2 Å². The van der Waals surface area contributed by atoms with Crippen LogP contribution in [0, 0.1) is 5.82 Å². The molecule has 1 atom stereocenters. The normalized spacial score (nSPS) is 20.0. The van der Waals surface area contributed by atoms with Crippen molar-refractivity contribution in [2.75, 3.05) is 26.9 Å².